The third-order valence-corrected chi connectivity index (χ3v) is 17.6. The molecule has 32 nitrogen and oxygen atoms in total. The number of anilines is 4. The zero-order chi connectivity index (χ0) is 75.9. The normalized spacial score (nSPS) is 14.6. The molecule has 12 amide bonds. The Balaban J connectivity index is 0.877. The van der Waals surface area contributed by atoms with Gasteiger partial charge in [0.2, 0.25) is 23.6 Å². The highest BCUT2D eigenvalue weighted by Crippen LogP contribution is 2.40. The average molecular weight is 1460 g/mol. The summed E-state index contributed by atoms with van der Waals surface area (Å²) < 4.78 is 0. The van der Waals surface area contributed by atoms with Crippen molar-refractivity contribution in [3.63, 3.8) is 0 Å². The molecule has 4 fully saturated rings. The van der Waals surface area contributed by atoms with E-state index in [9.17, 15) is 76.7 Å². The second-order valence-electron chi connectivity index (χ2n) is 25.2. The van der Waals surface area contributed by atoms with Crippen LogP contribution >= 0.6 is 0 Å². The van der Waals surface area contributed by atoms with Crippen LogP contribution in [-0.2, 0) is 96.1 Å². The number of hydrogen-bond donors (Lipinski definition) is 6. The van der Waals surface area contributed by atoms with Crippen LogP contribution in [0, 0.1) is 0 Å². The number of hydroxylamine groups is 8. The van der Waals surface area contributed by atoms with Crippen molar-refractivity contribution in [3.05, 3.63) is 144 Å². The fraction of sp³-hybridized carbons (Fsp3) is 0.211. The molecule has 108 heavy (non-hydrogen) atoms. The van der Waals surface area contributed by atoms with E-state index in [1.54, 1.807) is 97.1 Å². The van der Waals surface area contributed by atoms with E-state index in [-0.39, 0.29) is 77.0 Å². The molecular weight excluding hydrogens is 1400 g/mol. The van der Waals surface area contributed by atoms with Crippen molar-refractivity contribution < 1.29 is 96.1 Å². The van der Waals surface area contributed by atoms with Gasteiger partial charge in [-0.2, -0.15) is 0 Å². The van der Waals surface area contributed by atoms with E-state index in [2.05, 4.69) is 31.2 Å². The lowest BCUT2D eigenvalue weighted by Gasteiger charge is -2.12. The predicted molar refractivity (Wildman–Crippen MR) is 381 cm³/mol. The fourth-order valence-corrected chi connectivity index (χ4v) is 12.3. The number of H-pyrrole nitrogens is 2. The molecule has 0 spiro atoms. The standard InChI is InChI=1S/C76H62N12O20/c89-57(25-37-69(101)105-85-61(93)29-30-62(85)94)77-45-9-1-41(2-10-45)73-49-17-19-51(81-49)74(42-3-11-46(12-4-42)78-58(90)26-38-70(102)106-86-63(95)31-32-64(86)96)53-21-23-55(83-53)76(44-7-15-48(16-8-44)80-60(92)28-40-72(104)108-88-67(99)35-36-68(88)100)56-24-22-54(84-56)75(52-20-18-50(73)82-52)43-5-13-47(14-6-43)79-59(91)27-39-71(103)107-87-65(97)33-34-66(87)98/h1-24,81,84H,25-40H2,(H,77,89)(H,78,90)(H,79,91)(H,80,92). The maximum absolute atomic E-state index is 13.3. The molecule has 6 aliphatic heterocycles. The maximum atomic E-state index is 13.3. The summed E-state index contributed by atoms with van der Waals surface area (Å²) in [4.78, 5) is 237. The number of hydrogen-bond acceptors (Lipinski definition) is 22. The molecule has 546 valence electrons. The predicted octanol–water partition coefficient (Wildman–Crippen LogP) is 8.63. The van der Waals surface area contributed by atoms with Crippen LogP contribution < -0.4 is 21.3 Å². The lowest BCUT2D eigenvalue weighted by atomic mass is 10.0. The summed E-state index contributed by atoms with van der Waals surface area (Å²) in [7, 11) is 0. The average Bonchev–Trinajstić information content (AvgIpc) is 1.60. The van der Waals surface area contributed by atoms with Gasteiger partial charge in [0.05, 0.1) is 48.5 Å². The minimum absolute atomic E-state index is 0.0972. The Bertz CT molecular complexity index is 4550. The van der Waals surface area contributed by atoms with Crippen molar-refractivity contribution in [2.75, 3.05) is 21.3 Å². The van der Waals surface area contributed by atoms with Gasteiger partial charge in [0, 0.05) is 144 Å². The summed E-state index contributed by atoms with van der Waals surface area (Å²) in [6.45, 7) is 0. The summed E-state index contributed by atoms with van der Waals surface area (Å²) in [6, 6.07) is 34.7. The fourth-order valence-electron chi connectivity index (χ4n) is 12.3. The molecule has 7 aromatic rings. The Morgan fingerprint density at radius 1 is 0.278 bits per heavy atom. The highest BCUT2D eigenvalue weighted by molar-refractivity contribution is 6.07. The van der Waals surface area contributed by atoms with Gasteiger partial charge in [0.15, 0.2) is 0 Å². The molecule has 3 aromatic heterocycles. The van der Waals surface area contributed by atoms with Crippen molar-refractivity contribution in [3.8, 4) is 44.5 Å². The first-order chi connectivity index (χ1) is 52.0. The number of nitrogens with one attached hydrogen (secondary N) is 6. The van der Waals surface area contributed by atoms with Crippen molar-refractivity contribution >= 4 is 164 Å². The van der Waals surface area contributed by atoms with Crippen molar-refractivity contribution in [1.82, 2.24) is 40.2 Å². The number of carbonyl (C=O) groups excluding carboxylic acids is 16. The van der Waals surface area contributed by atoms with E-state index in [4.69, 9.17) is 29.3 Å². The molecule has 4 saturated heterocycles. The molecule has 8 bridgehead atoms. The number of carbonyl (C=O) groups is 16. The van der Waals surface area contributed by atoms with Crippen molar-refractivity contribution in [2.24, 2.45) is 0 Å². The Hall–Kier alpha value is -14.2. The number of aromatic nitrogens is 4. The van der Waals surface area contributed by atoms with Gasteiger partial charge in [0.25, 0.3) is 47.3 Å². The minimum Gasteiger partial charge on any atom is -0.354 e. The number of fused-ring (bicyclic) bond motifs is 8. The Labute approximate surface area is 610 Å². The first-order valence-electron chi connectivity index (χ1n) is 34.1. The molecule has 9 heterocycles. The zero-order valence-electron chi connectivity index (χ0n) is 57.0. The van der Waals surface area contributed by atoms with Crippen LogP contribution in [-0.4, -0.2) is 135 Å². The third-order valence-electron chi connectivity index (χ3n) is 17.6. The SMILES string of the molecule is O=C(CCC(=O)ON1C(=O)CCC1=O)Nc1ccc(-c2c3nc(c(-c4ccc(NC(=O)CCC(=O)ON5C(=O)CCC5=O)cc4)c4ccc([nH]4)c(-c4ccc(NC(=O)CCC(=O)ON5C(=O)CCC5=O)cc4)c4nc(c(-c5ccc(NC(=O)CCC(=O)ON6C(=O)CCC6=O)cc5)c5ccc2[nH]5)C=C4)C=C3)cc1. The smallest absolute Gasteiger partial charge is 0.333 e. The van der Waals surface area contributed by atoms with Gasteiger partial charge in [-0.3, -0.25) is 57.5 Å². The van der Waals surface area contributed by atoms with E-state index < -0.39 is 120 Å². The number of rotatable bonds is 24. The molecule has 0 saturated carbocycles. The lowest BCUT2D eigenvalue weighted by molar-refractivity contribution is -0.197. The molecule has 6 aliphatic rings. The first kappa shape index (κ1) is 72.2. The molecule has 0 atom stereocenters. The Kier molecular flexibility index (Phi) is 21.0. The molecule has 13 rings (SSSR count). The van der Waals surface area contributed by atoms with Gasteiger partial charge < -0.3 is 50.6 Å². The van der Waals surface area contributed by atoms with E-state index in [1.807, 2.05) is 48.6 Å². The minimum atomic E-state index is -0.947. The zero-order valence-corrected chi connectivity index (χ0v) is 57.0. The third kappa shape index (κ3) is 16.6. The van der Waals surface area contributed by atoms with Gasteiger partial charge in [-0.15, -0.1) is 20.3 Å². The molecule has 4 aromatic carbocycles. The molecule has 0 aliphatic carbocycles. The van der Waals surface area contributed by atoms with Crippen LogP contribution in [0.2, 0.25) is 0 Å². The Morgan fingerprint density at radius 2 is 0.463 bits per heavy atom. The van der Waals surface area contributed by atoms with E-state index in [0.717, 1.165) is 0 Å². The summed E-state index contributed by atoms with van der Waals surface area (Å²) >= 11 is 0. The summed E-state index contributed by atoms with van der Waals surface area (Å²) in [5, 5.41) is 12.7. The topological polar surface area (TPSA) is 428 Å². The highest BCUT2D eigenvalue weighted by atomic mass is 16.7. The van der Waals surface area contributed by atoms with Crippen LogP contribution in [0.5, 0.6) is 0 Å². The number of aromatic amines is 2. The Morgan fingerprint density at radius 3 is 0.648 bits per heavy atom. The number of amides is 12. The number of imide groups is 4. The molecular formula is C76H62N12O20. The van der Waals surface area contributed by atoms with Crippen molar-refractivity contribution in [2.45, 2.75) is 103 Å². The second-order valence-corrected chi connectivity index (χ2v) is 25.2. The maximum Gasteiger partial charge on any atom is 0.333 e. The summed E-state index contributed by atoms with van der Waals surface area (Å²) in [5.41, 5.74) is 10.1. The largest absolute Gasteiger partial charge is 0.354 e. The second kappa shape index (κ2) is 31.4. The van der Waals surface area contributed by atoms with Gasteiger partial charge in [-0.25, -0.2) is 29.1 Å². The summed E-state index contributed by atoms with van der Waals surface area (Å²) in [5.74, 6) is -11.3. The highest BCUT2D eigenvalue weighted by Gasteiger charge is 2.37. The molecule has 0 radical (unpaired) electrons. The van der Waals surface area contributed by atoms with Crippen LogP contribution in [0.3, 0.4) is 0 Å². The summed E-state index contributed by atoms with van der Waals surface area (Å²) in [6.07, 6.45) is 3.39. The van der Waals surface area contributed by atoms with E-state index >= 15 is 0 Å². The van der Waals surface area contributed by atoms with Crippen LogP contribution in [0.1, 0.15) is 126 Å². The van der Waals surface area contributed by atoms with E-state index in [0.29, 0.717) is 132 Å². The number of benzene rings is 4. The van der Waals surface area contributed by atoms with Crippen molar-refractivity contribution in [1.29, 1.82) is 0 Å². The monoisotopic (exact) mass is 1460 g/mol. The lowest BCUT2D eigenvalue weighted by Crippen LogP contribution is -2.32. The number of nitrogens with zero attached hydrogens (tertiary/aromatic N) is 6. The quantitative estimate of drug-likeness (QED) is 0.0308. The van der Waals surface area contributed by atoms with E-state index in [1.165, 1.54) is 0 Å². The van der Waals surface area contributed by atoms with Gasteiger partial charge >= 0.3 is 23.9 Å². The van der Waals surface area contributed by atoms with Gasteiger partial charge in [0.1, 0.15) is 0 Å². The van der Waals surface area contributed by atoms with Crippen LogP contribution in [0.25, 0.3) is 90.9 Å². The first-order valence-corrected chi connectivity index (χ1v) is 34.1. The molecule has 6 N–H and O–H groups in total. The molecule has 32 heteroatoms. The van der Waals surface area contributed by atoms with Gasteiger partial charge in [-0.05, 0) is 119 Å². The van der Waals surface area contributed by atoms with Crippen LogP contribution in [0.4, 0.5) is 22.7 Å². The van der Waals surface area contributed by atoms with Gasteiger partial charge in [-0.1, -0.05) is 48.5 Å². The molecule has 0 unspecified atom stereocenters. The van der Waals surface area contributed by atoms with Crippen LogP contribution in [0.15, 0.2) is 121 Å².